The summed E-state index contributed by atoms with van der Waals surface area (Å²) in [5.41, 5.74) is 0.0712. The van der Waals surface area contributed by atoms with E-state index in [0.29, 0.717) is 11.3 Å². The minimum Gasteiger partial charge on any atom is -0.490 e. The number of hydrogen-bond acceptors (Lipinski definition) is 7. The summed E-state index contributed by atoms with van der Waals surface area (Å²) < 4.78 is 10.5. The smallest absolute Gasteiger partial charge is 0.311 e. The molecule has 2 heterocycles. The first kappa shape index (κ1) is 17.3. The van der Waals surface area contributed by atoms with Gasteiger partial charge in [0.15, 0.2) is 10.9 Å². The van der Waals surface area contributed by atoms with Gasteiger partial charge in [-0.3, -0.25) is 30.3 Å². The molecule has 0 bridgehead atoms. The van der Waals surface area contributed by atoms with Crippen LogP contribution in [0.4, 0.5) is 5.69 Å². The number of nitro groups is 1. The zero-order valence-electron chi connectivity index (χ0n) is 13.3. The molecule has 2 N–H and O–H groups in total. The molecule has 0 atom stereocenters. The molecule has 1 aromatic heterocycles. The molecule has 132 valence electrons. The summed E-state index contributed by atoms with van der Waals surface area (Å²) in [5.74, 6) is -0.603. The number of nitrogens with one attached hydrogen (secondary N) is 2. The molecular formula is C16H11N3O6S. The van der Waals surface area contributed by atoms with Crippen LogP contribution in [0.3, 0.4) is 0 Å². The monoisotopic (exact) mass is 373 g/mol. The van der Waals surface area contributed by atoms with Crippen molar-refractivity contribution in [1.82, 2.24) is 10.6 Å². The third-order valence-corrected chi connectivity index (χ3v) is 3.72. The molecule has 0 aliphatic carbocycles. The van der Waals surface area contributed by atoms with Gasteiger partial charge >= 0.3 is 5.69 Å². The van der Waals surface area contributed by atoms with Gasteiger partial charge in [0, 0.05) is 11.6 Å². The van der Waals surface area contributed by atoms with E-state index in [4.69, 9.17) is 21.4 Å². The maximum absolute atomic E-state index is 11.8. The Morgan fingerprint density at radius 1 is 1.19 bits per heavy atom. The van der Waals surface area contributed by atoms with Crippen LogP contribution in [-0.2, 0) is 9.59 Å². The van der Waals surface area contributed by atoms with Crippen molar-refractivity contribution in [1.29, 1.82) is 0 Å². The number of thiocarbonyl (C=S) groups is 1. The highest BCUT2D eigenvalue weighted by Gasteiger charge is 2.26. The zero-order chi connectivity index (χ0) is 18.8. The Morgan fingerprint density at radius 2 is 1.88 bits per heavy atom. The van der Waals surface area contributed by atoms with E-state index in [0.717, 1.165) is 0 Å². The van der Waals surface area contributed by atoms with E-state index in [9.17, 15) is 19.7 Å². The van der Waals surface area contributed by atoms with Gasteiger partial charge in [0.1, 0.15) is 17.1 Å². The van der Waals surface area contributed by atoms with Crippen LogP contribution < -0.4 is 15.4 Å². The molecule has 1 aromatic carbocycles. The molecule has 0 saturated carbocycles. The Hall–Kier alpha value is -3.53. The Morgan fingerprint density at radius 3 is 2.50 bits per heavy atom. The number of benzene rings is 1. The van der Waals surface area contributed by atoms with E-state index in [1.54, 1.807) is 12.1 Å². The van der Waals surface area contributed by atoms with Crippen LogP contribution in [0.15, 0.2) is 40.3 Å². The average Bonchev–Trinajstić information content (AvgIpc) is 3.06. The topological polar surface area (TPSA) is 124 Å². The lowest BCUT2D eigenvalue weighted by Gasteiger charge is -2.15. The standard InChI is InChI=1S/C16H11N3O6S/c1-24-13-4-2-8(6-11(13)19(22)23)12-5-3-9(25-12)7-10-14(20)17-16(26)18-15(10)21/h2-7H,1H3,(H2,17,18,20,21,26). The molecule has 0 radical (unpaired) electrons. The third kappa shape index (κ3) is 3.30. The SMILES string of the molecule is COc1ccc(-c2ccc(C=C3C(=O)NC(=S)NC3=O)o2)cc1[N+](=O)[O-]. The van der Waals surface area contributed by atoms with Crippen LogP contribution in [0.2, 0.25) is 0 Å². The number of amides is 2. The van der Waals surface area contributed by atoms with E-state index in [1.807, 2.05) is 0 Å². The van der Waals surface area contributed by atoms with E-state index in [-0.39, 0.29) is 27.9 Å². The van der Waals surface area contributed by atoms with Crippen LogP contribution in [0, 0.1) is 10.1 Å². The molecule has 9 nitrogen and oxygen atoms in total. The largest absolute Gasteiger partial charge is 0.490 e. The van der Waals surface area contributed by atoms with Gasteiger partial charge < -0.3 is 9.15 Å². The summed E-state index contributed by atoms with van der Waals surface area (Å²) in [5, 5.41) is 15.7. The second-order valence-corrected chi connectivity index (χ2v) is 5.55. The first-order chi connectivity index (χ1) is 12.4. The van der Waals surface area contributed by atoms with Crippen LogP contribution in [0.5, 0.6) is 5.75 Å². The van der Waals surface area contributed by atoms with Gasteiger partial charge in [-0.15, -0.1) is 0 Å². The number of rotatable bonds is 4. The lowest BCUT2D eigenvalue weighted by Crippen LogP contribution is -2.51. The molecule has 0 unspecified atom stereocenters. The van der Waals surface area contributed by atoms with E-state index in [2.05, 4.69) is 10.6 Å². The van der Waals surface area contributed by atoms with Crippen molar-refractivity contribution in [2.75, 3.05) is 7.11 Å². The van der Waals surface area contributed by atoms with Gasteiger partial charge in [-0.25, -0.2) is 0 Å². The number of carbonyl (C=O) groups is 2. The lowest BCUT2D eigenvalue weighted by molar-refractivity contribution is -0.385. The number of ether oxygens (including phenoxy) is 1. The molecule has 1 aliphatic heterocycles. The zero-order valence-corrected chi connectivity index (χ0v) is 14.1. The van der Waals surface area contributed by atoms with Gasteiger partial charge in [0.25, 0.3) is 11.8 Å². The van der Waals surface area contributed by atoms with Crippen molar-refractivity contribution in [3.05, 3.63) is 51.8 Å². The minimum absolute atomic E-state index is 0.0668. The minimum atomic E-state index is -0.642. The first-order valence-electron chi connectivity index (χ1n) is 7.20. The molecule has 26 heavy (non-hydrogen) atoms. The fourth-order valence-electron chi connectivity index (χ4n) is 2.32. The Bertz CT molecular complexity index is 956. The number of carbonyl (C=O) groups excluding carboxylic acids is 2. The average molecular weight is 373 g/mol. The van der Waals surface area contributed by atoms with Crippen molar-refractivity contribution < 1.29 is 23.7 Å². The lowest BCUT2D eigenvalue weighted by atomic mass is 10.1. The molecule has 0 spiro atoms. The van der Waals surface area contributed by atoms with Crippen molar-refractivity contribution >= 4 is 40.9 Å². The highest BCUT2D eigenvalue weighted by atomic mass is 32.1. The van der Waals surface area contributed by atoms with Gasteiger partial charge in [0.05, 0.1) is 12.0 Å². The molecule has 1 saturated heterocycles. The van der Waals surface area contributed by atoms with E-state index >= 15 is 0 Å². The van der Waals surface area contributed by atoms with Crippen LogP contribution in [0.1, 0.15) is 5.76 Å². The first-order valence-corrected chi connectivity index (χ1v) is 7.61. The second-order valence-electron chi connectivity index (χ2n) is 5.14. The quantitative estimate of drug-likeness (QED) is 0.275. The molecule has 2 amide bonds. The fraction of sp³-hybridized carbons (Fsp3) is 0.0625. The molecule has 1 fully saturated rings. The normalized spacial score (nSPS) is 13.9. The van der Waals surface area contributed by atoms with Crippen molar-refractivity contribution in [3.63, 3.8) is 0 Å². The van der Waals surface area contributed by atoms with Crippen LogP contribution >= 0.6 is 12.2 Å². The summed E-state index contributed by atoms with van der Waals surface area (Å²) >= 11 is 4.72. The van der Waals surface area contributed by atoms with Gasteiger partial charge in [-0.2, -0.15) is 0 Å². The summed E-state index contributed by atoms with van der Waals surface area (Å²) in [7, 11) is 1.34. The van der Waals surface area contributed by atoms with Gasteiger partial charge in [-0.05, 0) is 42.6 Å². The predicted octanol–water partition coefficient (Wildman–Crippen LogP) is 1.78. The molecule has 2 aromatic rings. The molecule has 10 heteroatoms. The van der Waals surface area contributed by atoms with Gasteiger partial charge in [0.2, 0.25) is 0 Å². The van der Waals surface area contributed by atoms with Crippen molar-refractivity contribution in [2.45, 2.75) is 0 Å². The Balaban J connectivity index is 1.93. The number of hydrogen-bond donors (Lipinski definition) is 2. The maximum atomic E-state index is 11.8. The number of methoxy groups -OCH3 is 1. The summed E-state index contributed by atoms with van der Waals surface area (Å²) in [4.78, 5) is 34.2. The van der Waals surface area contributed by atoms with Crippen molar-refractivity contribution in [3.8, 4) is 17.1 Å². The second kappa shape index (κ2) is 6.76. The van der Waals surface area contributed by atoms with Crippen molar-refractivity contribution in [2.24, 2.45) is 0 Å². The summed E-state index contributed by atoms with van der Waals surface area (Å²) in [6.45, 7) is 0. The summed E-state index contributed by atoms with van der Waals surface area (Å²) in [6.07, 6.45) is 1.26. The van der Waals surface area contributed by atoms with Crippen LogP contribution in [0.25, 0.3) is 17.4 Å². The maximum Gasteiger partial charge on any atom is 0.311 e. The Kier molecular flexibility index (Phi) is 4.50. The number of nitrogens with zero attached hydrogens (tertiary/aromatic N) is 1. The highest BCUT2D eigenvalue weighted by molar-refractivity contribution is 7.80. The summed E-state index contributed by atoms with van der Waals surface area (Å²) in [6, 6.07) is 7.47. The predicted molar refractivity (Wildman–Crippen MR) is 94.2 cm³/mol. The van der Waals surface area contributed by atoms with Crippen LogP contribution in [-0.4, -0.2) is 29.0 Å². The third-order valence-electron chi connectivity index (χ3n) is 3.52. The molecule has 1 aliphatic rings. The Labute approximate surface area is 151 Å². The molecular weight excluding hydrogens is 362 g/mol. The van der Waals surface area contributed by atoms with E-state index < -0.39 is 16.7 Å². The fourth-order valence-corrected chi connectivity index (χ4v) is 2.51. The molecule has 3 rings (SSSR count). The highest BCUT2D eigenvalue weighted by Crippen LogP contribution is 2.33. The van der Waals surface area contributed by atoms with E-state index in [1.165, 1.54) is 31.4 Å². The van der Waals surface area contributed by atoms with Gasteiger partial charge in [-0.1, -0.05) is 0 Å². The number of nitro benzene ring substituents is 1. The number of furan rings is 1.